The Bertz CT molecular complexity index is 910. The van der Waals surface area contributed by atoms with E-state index in [2.05, 4.69) is 5.43 Å². The van der Waals surface area contributed by atoms with Crippen molar-refractivity contribution in [2.75, 3.05) is 12.1 Å². The second-order valence-electron chi connectivity index (χ2n) is 7.66. The average Bonchev–Trinajstić information content (AvgIpc) is 3.42. The number of benzene rings is 1. The largest absolute Gasteiger partial charge is 0.482 e. The highest BCUT2D eigenvalue weighted by atomic mass is 16.5. The van der Waals surface area contributed by atoms with E-state index in [1.54, 1.807) is 10.9 Å². The van der Waals surface area contributed by atoms with E-state index < -0.39 is 0 Å². The maximum atomic E-state index is 13.1. The molecule has 0 unspecified atom stereocenters. The van der Waals surface area contributed by atoms with Gasteiger partial charge in [-0.25, -0.2) is 0 Å². The van der Waals surface area contributed by atoms with Gasteiger partial charge in [-0.15, -0.1) is 0 Å². The molecule has 0 atom stereocenters. The first kappa shape index (κ1) is 15.5. The van der Waals surface area contributed by atoms with E-state index in [9.17, 15) is 9.59 Å². The number of aromatic nitrogens is 1. The van der Waals surface area contributed by atoms with Gasteiger partial charge in [0.25, 0.3) is 5.91 Å². The Balaban J connectivity index is 1.42. The topological polar surface area (TPSA) is 63.6 Å². The first-order valence-corrected chi connectivity index (χ1v) is 9.13. The molecule has 1 aromatic heterocycles. The van der Waals surface area contributed by atoms with Gasteiger partial charge in [0.15, 0.2) is 11.4 Å². The van der Waals surface area contributed by atoms with Crippen LogP contribution in [0.1, 0.15) is 41.7 Å². The minimum absolute atomic E-state index is 0.120. The number of pyridine rings is 1. The van der Waals surface area contributed by atoms with E-state index >= 15 is 0 Å². The summed E-state index contributed by atoms with van der Waals surface area (Å²) in [4.78, 5) is 27.4. The molecule has 1 spiro atoms. The number of fused-ring (bicyclic) bond motifs is 1. The number of hydrogen-bond acceptors (Lipinski definition) is 4. The van der Waals surface area contributed by atoms with Gasteiger partial charge in [-0.1, -0.05) is 30.3 Å². The maximum Gasteiger partial charge on any atom is 0.278 e. The third-order valence-electron chi connectivity index (χ3n) is 5.89. The Morgan fingerprint density at radius 3 is 2.62 bits per heavy atom. The van der Waals surface area contributed by atoms with Gasteiger partial charge in [0.05, 0.1) is 0 Å². The number of nitrogens with zero attached hydrogens (tertiary/aromatic N) is 2. The second-order valence-corrected chi connectivity index (χ2v) is 7.66. The van der Waals surface area contributed by atoms with E-state index in [-0.39, 0.29) is 29.7 Å². The average molecular weight is 351 g/mol. The fourth-order valence-electron chi connectivity index (χ4n) is 4.12. The minimum Gasteiger partial charge on any atom is -0.482 e. The van der Waals surface area contributed by atoms with Gasteiger partial charge in [0.1, 0.15) is 13.3 Å². The number of amides is 1. The van der Waals surface area contributed by atoms with Crippen LogP contribution in [0.4, 0.5) is 0 Å². The highest BCUT2D eigenvalue weighted by Gasteiger charge is 2.55. The molecule has 0 radical (unpaired) electrons. The summed E-state index contributed by atoms with van der Waals surface area (Å²) in [5.41, 5.74) is 4.72. The van der Waals surface area contributed by atoms with Crippen LogP contribution in [0, 0.1) is 5.41 Å². The van der Waals surface area contributed by atoms with Crippen molar-refractivity contribution < 1.29 is 9.53 Å². The van der Waals surface area contributed by atoms with Crippen molar-refractivity contribution in [2.45, 2.75) is 38.3 Å². The molecule has 1 aromatic carbocycles. The smallest absolute Gasteiger partial charge is 0.278 e. The van der Waals surface area contributed by atoms with Crippen LogP contribution in [0.2, 0.25) is 0 Å². The van der Waals surface area contributed by atoms with Crippen molar-refractivity contribution in [2.24, 2.45) is 5.41 Å². The zero-order valence-corrected chi connectivity index (χ0v) is 14.5. The number of carbonyl (C=O) groups excluding carboxylic acids is 1. The van der Waals surface area contributed by atoms with Crippen molar-refractivity contribution in [3.63, 3.8) is 0 Å². The van der Waals surface area contributed by atoms with Gasteiger partial charge in [-0.2, -0.15) is 0 Å². The van der Waals surface area contributed by atoms with Gasteiger partial charge in [-0.05, 0) is 36.7 Å². The van der Waals surface area contributed by atoms with Crippen molar-refractivity contribution in [1.82, 2.24) is 9.58 Å². The molecule has 0 saturated heterocycles. The normalized spacial score (nSPS) is 20.3. The minimum atomic E-state index is -0.267. The number of hydrogen-bond donors (Lipinski definition) is 1. The van der Waals surface area contributed by atoms with Crippen LogP contribution in [0.3, 0.4) is 0 Å². The van der Waals surface area contributed by atoms with E-state index in [1.807, 2.05) is 35.2 Å². The van der Waals surface area contributed by atoms with Crippen molar-refractivity contribution in [3.8, 4) is 5.75 Å². The molecule has 2 aromatic rings. The third-order valence-corrected chi connectivity index (χ3v) is 5.89. The highest BCUT2D eigenvalue weighted by Crippen LogP contribution is 2.62. The Hall–Kier alpha value is -2.76. The molecule has 1 N–H and O–H groups in total. The van der Waals surface area contributed by atoms with Gasteiger partial charge in [0, 0.05) is 18.3 Å². The molecule has 2 heterocycles. The lowest BCUT2D eigenvalue weighted by Gasteiger charge is -2.45. The fourth-order valence-corrected chi connectivity index (χ4v) is 4.12. The summed E-state index contributed by atoms with van der Waals surface area (Å²) < 4.78 is 7.42. The van der Waals surface area contributed by atoms with Crippen LogP contribution in [-0.4, -0.2) is 28.2 Å². The molecule has 0 bridgehead atoms. The highest BCUT2D eigenvalue weighted by molar-refractivity contribution is 5.96. The van der Waals surface area contributed by atoms with Crippen LogP contribution in [0.25, 0.3) is 0 Å². The van der Waals surface area contributed by atoms with E-state index in [0.29, 0.717) is 17.8 Å². The Morgan fingerprint density at radius 2 is 1.88 bits per heavy atom. The lowest BCUT2D eigenvalue weighted by Crippen LogP contribution is -2.55. The quantitative estimate of drug-likeness (QED) is 0.918. The lowest BCUT2D eigenvalue weighted by atomic mass is 9.76. The molecule has 2 fully saturated rings. The van der Waals surface area contributed by atoms with Gasteiger partial charge in [-0.3, -0.25) is 14.3 Å². The third kappa shape index (κ3) is 2.48. The first-order valence-electron chi connectivity index (χ1n) is 9.13. The van der Waals surface area contributed by atoms with Gasteiger partial charge in [0.2, 0.25) is 5.43 Å². The number of nitrogens with one attached hydrogen (secondary N) is 1. The van der Waals surface area contributed by atoms with E-state index in [4.69, 9.17) is 4.74 Å². The Morgan fingerprint density at radius 1 is 1.12 bits per heavy atom. The van der Waals surface area contributed by atoms with Crippen LogP contribution < -0.4 is 15.6 Å². The van der Waals surface area contributed by atoms with Crippen LogP contribution >= 0.6 is 0 Å². The lowest BCUT2D eigenvalue weighted by molar-refractivity contribution is 0.0376. The molecule has 134 valence electrons. The predicted octanol–water partition coefficient (Wildman–Crippen LogP) is 2.33. The summed E-state index contributed by atoms with van der Waals surface area (Å²) in [5, 5.41) is 0. The molecule has 1 amide bonds. The first-order chi connectivity index (χ1) is 12.7. The summed E-state index contributed by atoms with van der Waals surface area (Å²) in [5.74, 6) is 0.00373. The zero-order chi connectivity index (χ0) is 17.7. The summed E-state index contributed by atoms with van der Waals surface area (Å²) in [6, 6.07) is 11.3. The van der Waals surface area contributed by atoms with Gasteiger partial charge >= 0.3 is 0 Å². The predicted molar refractivity (Wildman–Crippen MR) is 96.6 cm³/mol. The summed E-state index contributed by atoms with van der Waals surface area (Å²) >= 11 is 0. The molecular formula is C20H21N3O3. The summed E-state index contributed by atoms with van der Waals surface area (Å²) in [6.45, 7) is 0.723. The molecule has 2 saturated carbocycles. The Labute approximate surface area is 151 Å². The maximum absolute atomic E-state index is 13.1. The number of ether oxygens (including phenoxy) is 1. The molecule has 2 aliphatic carbocycles. The second kappa shape index (κ2) is 5.62. The molecule has 6 nitrogen and oxygen atoms in total. The van der Waals surface area contributed by atoms with E-state index in [1.165, 1.54) is 18.9 Å². The number of rotatable bonds is 4. The van der Waals surface area contributed by atoms with Crippen LogP contribution in [0.5, 0.6) is 5.75 Å². The molecule has 1 aliphatic heterocycles. The monoisotopic (exact) mass is 351 g/mol. The molecular weight excluding hydrogens is 330 g/mol. The molecule has 26 heavy (non-hydrogen) atoms. The SMILES string of the molecule is O=C1c2c(OCc3ccccc3)c(=O)ccn2NCN1C1CC2(CC2)C1. The number of carbonyl (C=O) groups is 1. The summed E-state index contributed by atoms with van der Waals surface area (Å²) in [6.07, 6.45) is 6.35. The van der Waals surface area contributed by atoms with Crippen molar-refractivity contribution in [3.05, 3.63) is 64.1 Å². The van der Waals surface area contributed by atoms with E-state index in [0.717, 1.165) is 18.4 Å². The van der Waals surface area contributed by atoms with Gasteiger partial charge < -0.3 is 15.1 Å². The van der Waals surface area contributed by atoms with Crippen molar-refractivity contribution in [1.29, 1.82) is 0 Å². The Kier molecular flexibility index (Phi) is 3.35. The van der Waals surface area contributed by atoms with Crippen LogP contribution in [0.15, 0.2) is 47.4 Å². The van der Waals surface area contributed by atoms with Crippen LogP contribution in [-0.2, 0) is 6.61 Å². The molecule has 3 aliphatic rings. The standard InChI is InChI=1S/C20H21N3O3/c24-16-6-9-23-17(18(16)26-12-14-4-2-1-3-5-14)19(25)22(13-21-23)15-10-20(11-15)7-8-20/h1-6,9,15,21H,7-8,10-13H2. The molecule has 5 rings (SSSR count). The fraction of sp³-hybridized carbons (Fsp3) is 0.400. The molecule has 6 heteroatoms. The summed E-state index contributed by atoms with van der Waals surface area (Å²) in [7, 11) is 0. The zero-order valence-electron chi connectivity index (χ0n) is 14.5. The van der Waals surface area contributed by atoms with Crippen molar-refractivity contribution >= 4 is 5.91 Å².